The summed E-state index contributed by atoms with van der Waals surface area (Å²) in [5.74, 6) is 0. The molecule has 10 heteroatoms. The molecule has 0 N–H and O–H groups in total. The highest BCUT2D eigenvalue weighted by atomic mass is 32.2. The van der Waals surface area contributed by atoms with E-state index >= 15 is 0 Å². The Morgan fingerprint density at radius 2 is 1.15 bits per heavy atom. The molecule has 188 valence electrons. The van der Waals surface area contributed by atoms with Gasteiger partial charge in [0, 0.05) is 0 Å². The predicted octanol–water partition coefficient (Wildman–Crippen LogP) is 3.18. The van der Waals surface area contributed by atoms with E-state index in [1.54, 1.807) is 6.26 Å². The Morgan fingerprint density at radius 3 is 1.47 bits per heavy atom. The molecule has 0 aliphatic heterocycles. The minimum absolute atomic E-state index is 0.0757. The van der Waals surface area contributed by atoms with Gasteiger partial charge in [-0.25, -0.2) is 0 Å². The molecule has 0 spiro atoms. The zero-order valence-electron chi connectivity index (χ0n) is 20.4. The molecule has 0 unspecified atom stereocenters. The molecule has 0 bridgehead atoms. The SMILES string of the molecule is CC(C)(C)[Si](OC=C(CCOS(C)(=O)=O)CCOS(C)(=O)=O)(c1ccccc1)c1ccccc1. The lowest BCUT2D eigenvalue weighted by molar-refractivity contribution is 0.305. The Labute approximate surface area is 205 Å². The van der Waals surface area contributed by atoms with Crippen molar-refractivity contribution >= 4 is 38.9 Å². The quantitative estimate of drug-likeness (QED) is 0.238. The Kier molecular flexibility index (Phi) is 9.67. The van der Waals surface area contributed by atoms with E-state index in [4.69, 9.17) is 12.8 Å². The van der Waals surface area contributed by atoms with Gasteiger partial charge < -0.3 is 4.43 Å². The van der Waals surface area contributed by atoms with Crippen LogP contribution in [0.4, 0.5) is 0 Å². The van der Waals surface area contributed by atoms with Crippen LogP contribution < -0.4 is 10.4 Å². The van der Waals surface area contributed by atoms with Crippen LogP contribution in [0.3, 0.4) is 0 Å². The number of benzene rings is 2. The summed E-state index contributed by atoms with van der Waals surface area (Å²) in [6, 6.07) is 20.1. The third kappa shape index (κ3) is 8.35. The van der Waals surface area contributed by atoms with Gasteiger partial charge >= 0.3 is 8.32 Å². The van der Waals surface area contributed by atoms with Crippen molar-refractivity contribution in [3.05, 3.63) is 72.5 Å². The van der Waals surface area contributed by atoms with Crippen LogP contribution in [0.5, 0.6) is 0 Å². The minimum atomic E-state index is -3.60. The molecule has 0 heterocycles. The zero-order valence-corrected chi connectivity index (χ0v) is 23.0. The highest BCUT2D eigenvalue weighted by Crippen LogP contribution is 2.37. The van der Waals surface area contributed by atoms with Crippen LogP contribution in [0.25, 0.3) is 0 Å². The van der Waals surface area contributed by atoms with E-state index in [1.165, 1.54) is 0 Å². The second kappa shape index (κ2) is 11.6. The average Bonchev–Trinajstić information content (AvgIpc) is 2.72. The van der Waals surface area contributed by atoms with E-state index in [0.29, 0.717) is 5.57 Å². The smallest absolute Gasteiger partial charge is 0.319 e. The lowest BCUT2D eigenvalue weighted by Gasteiger charge is -2.42. The molecule has 0 aliphatic carbocycles. The second-order valence-electron chi connectivity index (χ2n) is 9.11. The Bertz CT molecular complexity index is 1080. The van der Waals surface area contributed by atoms with Crippen molar-refractivity contribution in [1.82, 2.24) is 0 Å². The maximum absolute atomic E-state index is 11.4. The fourth-order valence-electron chi connectivity index (χ4n) is 3.75. The van der Waals surface area contributed by atoms with Crippen molar-refractivity contribution in [3.8, 4) is 0 Å². The lowest BCUT2D eigenvalue weighted by atomic mass is 10.1. The first-order valence-electron chi connectivity index (χ1n) is 10.9. The molecule has 0 saturated carbocycles. The number of hydrogen-bond acceptors (Lipinski definition) is 7. The van der Waals surface area contributed by atoms with Gasteiger partial charge in [0.2, 0.25) is 0 Å². The van der Waals surface area contributed by atoms with Crippen molar-refractivity contribution < 1.29 is 29.6 Å². The molecule has 0 atom stereocenters. The van der Waals surface area contributed by atoms with Gasteiger partial charge in [-0.3, -0.25) is 8.37 Å². The summed E-state index contributed by atoms with van der Waals surface area (Å²) in [4.78, 5) is 0. The van der Waals surface area contributed by atoms with Gasteiger partial charge in [0.1, 0.15) is 0 Å². The predicted molar refractivity (Wildman–Crippen MR) is 138 cm³/mol. The molecule has 0 amide bonds. The van der Waals surface area contributed by atoms with Crippen LogP contribution in [0.1, 0.15) is 33.6 Å². The largest absolute Gasteiger partial charge is 0.540 e. The fraction of sp³-hybridized carbons (Fsp3) is 0.417. The first kappa shape index (κ1) is 28.3. The molecule has 2 aromatic carbocycles. The van der Waals surface area contributed by atoms with Crippen LogP contribution in [0.2, 0.25) is 5.04 Å². The molecule has 2 aromatic rings. The first-order valence-corrected chi connectivity index (χ1v) is 16.4. The Hall–Kier alpha value is -1.98. The molecule has 0 aliphatic rings. The molecule has 0 aromatic heterocycles. The van der Waals surface area contributed by atoms with Gasteiger partial charge in [-0.1, -0.05) is 81.4 Å². The minimum Gasteiger partial charge on any atom is -0.540 e. The van der Waals surface area contributed by atoms with Gasteiger partial charge in [-0.2, -0.15) is 16.8 Å². The van der Waals surface area contributed by atoms with E-state index in [0.717, 1.165) is 22.9 Å². The van der Waals surface area contributed by atoms with Crippen molar-refractivity contribution in [2.45, 2.75) is 38.7 Å². The highest BCUT2D eigenvalue weighted by molar-refractivity contribution is 7.86. The van der Waals surface area contributed by atoms with Gasteiger partial charge in [-0.05, 0) is 33.8 Å². The summed E-state index contributed by atoms with van der Waals surface area (Å²) in [6.07, 6.45) is 4.12. The molecular formula is C24H34O7S2Si. The molecule has 0 saturated heterocycles. The normalized spacial score (nSPS) is 12.9. The maximum Gasteiger partial charge on any atom is 0.319 e. The monoisotopic (exact) mass is 526 g/mol. The molecule has 0 radical (unpaired) electrons. The topological polar surface area (TPSA) is 96.0 Å². The van der Waals surface area contributed by atoms with E-state index < -0.39 is 28.6 Å². The van der Waals surface area contributed by atoms with Crippen LogP contribution >= 0.6 is 0 Å². The highest BCUT2D eigenvalue weighted by Gasteiger charge is 2.51. The third-order valence-electron chi connectivity index (χ3n) is 5.26. The summed E-state index contributed by atoms with van der Waals surface area (Å²) in [5, 5.41) is 1.91. The maximum atomic E-state index is 11.4. The second-order valence-corrected chi connectivity index (χ2v) is 16.7. The molecular weight excluding hydrogens is 492 g/mol. The standard InChI is InChI=1S/C24H34O7S2Si/c1-24(2,3)34(22-12-8-6-9-13-22,23-14-10-7-11-15-23)31-20-21(16-18-29-32(4,25)26)17-19-30-33(5,27)28/h6-15,20H,16-19H2,1-5H3. The Morgan fingerprint density at radius 1 is 0.765 bits per heavy atom. The van der Waals surface area contributed by atoms with Crippen molar-refractivity contribution in [1.29, 1.82) is 0 Å². The summed E-state index contributed by atoms with van der Waals surface area (Å²) in [5.41, 5.74) is 0.695. The van der Waals surface area contributed by atoms with Gasteiger partial charge in [-0.15, -0.1) is 0 Å². The van der Waals surface area contributed by atoms with E-state index in [-0.39, 0.29) is 31.1 Å². The number of hydrogen-bond donors (Lipinski definition) is 0. The molecule has 34 heavy (non-hydrogen) atoms. The molecule has 7 nitrogen and oxygen atoms in total. The van der Waals surface area contributed by atoms with Crippen LogP contribution in [0, 0.1) is 0 Å². The van der Waals surface area contributed by atoms with Crippen LogP contribution in [0.15, 0.2) is 72.5 Å². The lowest BCUT2D eigenvalue weighted by Crippen LogP contribution is -2.65. The third-order valence-corrected chi connectivity index (χ3v) is 11.3. The number of rotatable bonds is 12. The fourth-order valence-corrected chi connectivity index (χ4v) is 8.88. The zero-order chi connectivity index (χ0) is 25.5. The molecule has 0 fully saturated rings. The van der Waals surface area contributed by atoms with Gasteiger partial charge in [0.05, 0.1) is 32.0 Å². The van der Waals surface area contributed by atoms with E-state index in [1.807, 2.05) is 36.4 Å². The van der Waals surface area contributed by atoms with Crippen LogP contribution in [-0.4, -0.2) is 50.9 Å². The summed E-state index contributed by atoms with van der Waals surface area (Å²) >= 11 is 0. The van der Waals surface area contributed by atoms with E-state index in [9.17, 15) is 16.8 Å². The van der Waals surface area contributed by atoms with Gasteiger partial charge in [0.25, 0.3) is 20.2 Å². The van der Waals surface area contributed by atoms with Crippen molar-refractivity contribution in [3.63, 3.8) is 0 Å². The summed E-state index contributed by atoms with van der Waals surface area (Å²) in [7, 11) is -10.1. The summed E-state index contributed by atoms with van der Waals surface area (Å²) in [6.45, 7) is 6.28. The van der Waals surface area contributed by atoms with Crippen LogP contribution in [-0.2, 0) is 33.0 Å². The Balaban J connectivity index is 2.49. The van der Waals surface area contributed by atoms with Crippen molar-refractivity contribution in [2.75, 3.05) is 25.7 Å². The summed E-state index contributed by atoms with van der Waals surface area (Å²) < 4.78 is 62.2. The van der Waals surface area contributed by atoms with Gasteiger partial charge in [0.15, 0.2) is 0 Å². The average molecular weight is 527 g/mol. The van der Waals surface area contributed by atoms with Crippen molar-refractivity contribution in [2.24, 2.45) is 0 Å². The first-order chi connectivity index (χ1) is 15.7. The van der Waals surface area contributed by atoms with E-state index in [2.05, 4.69) is 45.0 Å². The molecule has 2 rings (SSSR count).